The highest BCUT2D eigenvalue weighted by atomic mass is 16.6. The molecule has 0 saturated heterocycles. The van der Waals surface area contributed by atoms with Crippen molar-refractivity contribution in [2.24, 2.45) is 0 Å². The molecule has 0 spiro atoms. The van der Waals surface area contributed by atoms with E-state index in [4.69, 9.17) is 4.42 Å². The molecule has 1 N–H and O–H groups in total. The molecule has 1 heterocycles. The van der Waals surface area contributed by atoms with Gasteiger partial charge in [-0.05, 0) is 45.4 Å². The fourth-order valence-corrected chi connectivity index (χ4v) is 2.32. The van der Waals surface area contributed by atoms with Crippen LogP contribution in [0.5, 0.6) is 0 Å². The van der Waals surface area contributed by atoms with Crippen LogP contribution in [0.1, 0.15) is 35.6 Å². The van der Waals surface area contributed by atoms with Gasteiger partial charge in [-0.15, -0.1) is 0 Å². The van der Waals surface area contributed by atoms with Crippen LogP contribution >= 0.6 is 0 Å². The molecule has 1 aromatic carbocycles. The lowest BCUT2D eigenvalue weighted by Gasteiger charge is -2.15. The fraction of sp³-hybridized carbons (Fsp3) is 0.333. The van der Waals surface area contributed by atoms with Crippen molar-refractivity contribution in [3.05, 3.63) is 57.0 Å². The number of hydrogen-bond donors (Lipinski definition) is 1. The maximum atomic E-state index is 11.1. The Morgan fingerprint density at radius 3 is 2.50 bits per heavy atom. The van der Waals surface area contributed by atoms with Crippen LogP contribution in [-0.2, 0) is 0 Å². The molecule has 0 fully saturated rings. The second kappa shape index (κ2) is 5.36. The van der Waals surface area contributed by atoms with E-state index >= 15 is 0 Å². The Morgan fingerprint density at radius 1 is 1.25 bits per heavy atom. The number of furan rings is 1. The van der Waals surface area contributed by atoms with E-state index in [1.807, 2.05) is 33.8 Å². The lowest BCUT2D eigenvalue weighted by Crippen LogP contribution is -2.08. The Kier molecular flexibility index (Phi) is 3.79. The molecule has 2 rings (SSSR count). The monoisotopic (exact) mass is 274 g/mol. The predicted octanol–water partition coefficient (Wildman–Crippen LogP) is 4.29. The summed E-state index contributed by atoms with van der Waals surface area (Å²) in [5.41, 5.74) is 2.60. The summed E-state index contributed by atoms with van der Waals surface area (Å²) >= 11 is 0. The number of nitrogens with zero attached hydrogens (tertiary/aromatic N) is 1. The topological polar surface area (TPSA) is 68.3 Å². The molecule has 1 aromatic heterocycles. The summed E-state index contributed by atoms with van der Waals surface area (Å²) < 4.78 is 5.50. The Labute approximate surface area is 117 Å². The molecule has 0 amide bonds. The first-order chi connectivity index (χ1) is 9.38. The summed E-state index contributed by atoms with van der Waals surface area (Å²) in [6.45, 7) is 7.65. The van der Waals surface area contributed by atoms with Crippen LogP contribution in [-0.4, -0.2) is 4.92 Å². The molecule has 1 atom stereocenters. The van der Waals surface area contributed by atoms with E-state index in [0.29, 0.717) is 5.69 Å². The van der Waals surface area contributed by atoms with E-state index in [9.17, 15) is 10.1 Å². The average molecular weight is 274 g/mol. The molecule has 0 bridgehead atoms. The minimum Gasteiger partial charge on any atom is -0.466 e. The molecule has 106 valence electrons. The number of rotatable bonds is 4. The number of anilines is 1. The van der Waals surface area contributed by atoms with E-state index < -0.39 is 0 Å². The second-order valence-corrected chi connectivity index (χ2v) is 5.01. The van der Waals surface area contributed by atoms with Crippen molar-refractivity contribution in [3.8, 4) is 0 Å². The van der Waals surface area contributed by atoms with Gasteiger partial charge in [0.2, 0.25) is 0 Å². The first-order valence-electron chi connectivity index (χ1n) is 6.47. The van der Waals surface area contributed by atoms with Gasteiger partial charge in [-0.3, -0.25) is 10.1 Å². The fourth-order valence-electron chi connectivity index (χ4n) is 2.32. The number of nitro benzene ring substituents is 1. The highest BCUT2D eigenvalue weighted by molar-refractivity contribution is 5.63. The molecule has 0 aliphatic heterocycles. The zero-order valence-corrected chi connectivity index (χ0v) is 12.1. The van der Waals surface area contributed by atoms with Crippen LogP contribution in [0.25, 0.3) is 0 Å². The maximum Gasteiger partial charge on any atom is 0.292 e. The largest absolute Gasteiger partial charge is 0.466 e. The van der Waals surface area contributed by atoms with Gasteiger partial charge in [0.05, 0.1) is 11.0 Å². The number of nitrogens with one attached hydrogen (secondary N) is 1. The quantitative estimate of drug-likeness (QED) is 0.667. The molecular weight excluding hydrogens is 256 g/mol. The summed E-state index contributed by atoms with van der Waals surface area (Å²) in [5, 5.41) is 14.3. The van der Waals surface area contributed by atoms with Crippen LogP contribution in [0.3, 0.4) is 0 Å². The summed E-state index contributed by atoms with van der Waals surface area (Å²) in [6.07, 6.45) is 0. The standard InChI is InChI=1S/C15H18N2O3/c1-9-5-6-15(17(18)19)14(7-9)16-11(3)13-8-10(2)20-12(13)4/h5-8,11,16H,1-4H3. The predicted molar refractivity (Wildman–Crippen MR) is 78.1 cm³/mol. The van der Waals surface area contributed by atoms with Crippen molar-refractivity contribution >= 4 is 11.4 Å². The molecule has 0 aliphatic rings. The lowest BCUT2D eigenvalue weighted by atomic mass is 10.1. The summed E-state index contributed by atoms with van der Waals surface area (Å²) in [4.78, 5) is 10.7. The van der Waals surface area contributed by atoms with E-state index in [1.54, 1.807) is 12.1 Å². The van der Waals surface area contributed by atoms with Crippen LogP contribution in [0, 0.1) is 30.9 Å². The molecule has 0 radical (unpaired) electrons. The molecule has 0 saturated carbocycles. The molecule has 2 aromatic rings. The van der Waals surface area contributed by atoms with Gasteiger partial charge < -0.3 is 9.73 Å². The van der Waals surface area contributed by atoms with Crippen molar-refractivity contribution in [1.29, 1.82) is 0 Å². The Hall–Kier alpha value is -2.30. The van der Waals surface area contributed by atoms with Gasteiger partial charge in [0.1, 0.15) is 17.2 Å². The van der Waals surface area contributed by atoms with Gasteiger partial charge >= 0.3 is 0 Å². The highest BCUT2D eigenvalue weighted by Crippen LogP contribution is 2.30. The zero-order valence-electron chi connectivity index (χ0n) is 12.1. The van der Waals surface area contributed by atoms with E-state index in [2.05, 4.69) is 5.32 Å². The number of nitro groups is 1. The van der Waals surface area contributed by atoms with Crippen molar-refractivity contribution in [2.45, 2.75) is 33.7 Å². The summed E-state index contributed by atoms with van der Waals surface area (Å²) in [7, 11) is 0. The Balaban J connectivity index is 2.32. The van der Waals surface area contributed by atoms with Crippen LogP contribution < -0.4 is 5.32 Å². The van der Waals surface area contributed by atoms with E-state index in [1.165, 1.54) is 6.07 Å². The molecular formula is C15H18N2O3. The molecule has 0 aliphatic carbocycles. The normalized spacial score (nSPS) is 12.2. The third-order valence-corrected chi connectivity index (χ3v) is 3.27. The van der Waals surface area contributed by atoms with Gasteiger partial charge in [-0.1, -0.05) is 6.07 Å². The van der Waals surface area contributed by atoms with Crippen molar-refractivity contribution in [1.82, 2.24) is 0 Å². The summed E-state index contributed by atoms with van der Waals surface area (Å²) in [6, 6.07) is 6.94. The second-order valence-electron chi connectivity index (χ2n) is 5.01. The van der Waals surface area contributed by atoms with Crippen molar-refractivity contribution < 1.29 is 9.34 Å². The smallest absolute Gasteiger partial charge is 0.292 e. The Bertz CT molecular complexity index is 647. The van der Waals surface area contributed by atoms with Gasteiger partial charge in [0.15, 0.2) is 0 Å². The van der Waals surface area contributed by atoms with Crippen LogP contribution in [0.4, 0.5) is 11.4 Å². The van der Waals surface area contributed by atoms with Crippen molar-refractivity contribution in [2.75, 3.05) is 5.32 Å². The zero-order chi connectivity index (χ0) is 14.9. The van der Waals surface area contributed by atoms with Crippen LogP contribution in [0.2, 0.25) is 0 Å². The minimum atomic E-state index is -0.373. The molecule has 5 nitrogen and oxygen atoms in total. The van der Waals surface area contributed by atoms with Crippen LogP contribution in [0.15, 0.2) is 28.7 Å². The van der Waals surface area contributed by atoms with E-state index in [0.717, 1.165) is 22.6 Å². The lowest BCUT2D eigenvalue weighted by molar-refractivity contribution is -0.384. The maximum absolute atomic E-state index is 11.1. The third-order valence-electron chi connectivity index (χ3n) is 3.27. The SMILES string of the molecule is Cc1ccc([N+](=O)[O-])c(NC(C)c2cc(C)oc2C)c1. The number of aryl methyl sites for hydroxylation is 3. The Morgan fingerprint density at radius 2 is 1.95 bits per heavy atom. The molecule has 5 heteroatoms. The first-order valence-corrected chi connectivity index (χ1v) is 6.47. The van der Waals surface area contributed by atoms with Crippen molar-refractivity contribution in [3.63, 3.8) is 0 Å². The third kappa shape index (κ3) is 2.82. The average Bonchev–Trinajstić information content (AvgIpc) is 2.68. The number of hydrogen-bond acceptors (Lipinski definition) is 4. The highest BCUT2D eigenvalue weighted by Gasteiger charge is 2.18. The molecule has 1 unspecified atom stereocenters. The van der Waals surface area contributed by atoms with Gasteiger partial charge in [0, 0.05) is 11.6 Å². The number of benzene rings is 1. The minimum absolute atomic E-state index is 0.0621. The van der Waals surface area contributed by atoms with E-state index in [-0.39, 0.29) is 16.7 Å². The van der Waals surface area contributed by atoms with Gasteiger partial charge in [-0.2, -0.15) is 0 Å². The first kappa shape index (κ1) is 14.1. The summed E-state index contributed by atoms with van der Waals surface area (Å²) in [5.74, 6) is 1.67. The molecule has 20 heavy (non-hydrogen) atoms. The van der Waals surface area contributed by atoms with Gasteiger partial charge in [-0.25, -0.2) is 0 Å². The van der Waals surface area contributed by atoms with Gasteiger partial charge in [0.25, 0.3) is 5.69 Å².